The van der Waals surface area contributed by atoms with Crippen LogP contribution in [0.5, 0.6) is 23.0 Å². The molecule has 0 saturated heterocycles. The number of methoxy groups -OCH3 is 2. The zero-order chi connectivity index (χ0) is 55.8. The number of esters is 2. The van der Waals surface area contributed by atoms with E-state index in [1.54, 1.807) is 96.6 Å². The number of aromatic nitrogens is 2. The molecule has 6 aromatic rings. The molecule has 2 aromatic heterocycles. The van der Waals surface area contributed by atoms with E-state index in [0.717, 1.165) is 31.6 Å². The molecule has 5 heterocycles. The number of benzene rings is 4. The summed E-state index contributed by atoms with van der Waals surface area (Å²) in [5.74, 6) is -0.0627. The molecule has 9 rings (SSSR count). The number of ketones is 1. The molecule has 79 heavy (non-hydrogen) atoms. The number of aromatic amines is 2. The number of hydrogen-bond acceptors (Lipinski definition) is 16. The van der Waals surface area contributed by atoms with Crippen LogP contribution in [0.3, 0.4) is 0 Å². The molecule has 0 fully saturated rings. The number of Topliss-reactive ketones (excluding diaryl/α,β-unsaturated/α-hetero) is 1. The van der Waals surface area contributed by atoms with E-state index in [-0.39, 0.29) is 79.4 Å². The van der Waals surface area contributed by atoms with E-state index >= 15 is 0 Å². The van der Waals surface area contributed by atoms with Gasteiger partial charge in [-0.3, -0.25) is 14.5 Å². The van der Waals surface area contributed by atoms with Gasteiger partial charge in [-0.2, -0.15) is 0 Å². The molecule has 412 valence electrons. The number of fused-ring (bicyclic) bond motifs is 4. The number of ether oxygens (including phenoxy) is 9. The number of nitrogens with one attached hydrogen (secondary N) is 2. The smallest absolute Gasteiger partial charge is 0.693 e. The maximum atomic E-state index is 13.8. The summed E-state index contributed by atoms with van der Waals surface area (Å²) in [5.41, 5.74) is 2.39. The van der Waals surface area contributed by atoms with E-state index in [0.29, 0.717) is 45.3 Å². The number of amides is 3. The Labute approximate surface area is 477 Å². The number of carbonyl (C=O) groups is 6. The summed E-state index contributed by atoms with van der Waals surface area (Å²) in [6.07, 6.45) is 4.17. The number of nitrogens with zero attached hydrogens (tertiary/aromatic N) is 3. The first-order valence-corrected chi connectivity index (χ1v) is 23.9. The van der Waals surface area contributed by atoms with Gasteiger partial charge in [0.05, 0.1) is 14.2 Å². The molecule has 0 radical (unpaired) electrons. The van der Waals surface area contributed by atoms with E-state index in [9.17, 15) is 33.6 Å². The second-order valence-electron chi connectivity index (χ2n) is 19.3. The molecular weight excluding hydrogens is 1040 g/mol. The van der Waals surface area contributed by atoms with Crippen molar-refractivity contribution in [1.82, 2.24) is 24.7 Å². The van der Waals surface area contributed by atoms with Gasteiger partial charge in [-0.25, -0.2) is 25.5 Å². The van der Waals surface area contributed by atoms with E-state index in [2.05, 4.69) is 9.97 Å². The predicted octanol–water partition coefficient (Wildman–Crippen LogP) is 6.18. The van der Waals surface area contributed by atoms with Crippen LogP contribution in [0, 0.1) is 0 Å². The Morgan fingerprint density at radius 2 is 1.25 bits per heavy atom. The standard InChI is InChI=1S/C28H29N3O8.C20H15NO5.C8H14NO3.H2N.Na/c1-28(2,3)39-27(34)30(4)14-22(32)31-23(26(33)35-5)24(18-13-29-19-9-7-6-8-17(18)19)38-25(31)16-10-11-20-21(12-16)37-15-36-20;1-24-20(23)14(8-12-6-7-17-18(9-12)26-11-25-17)19(22)15-10-21-16-5-3-2-4-13(15)16;1-8(2,3)12-7(11)9(4)5-6-10;;/h6-13,25,29H,14-15H2,1-5H3;2-10,21H,11H2,1H3;5H2,1-4H3;1H2;/q;;2*-1;+1/b;14-8+;;;. The Morgan fingerprint density at radius 3 is 1.85 bits per heavy atom. The zero-order valence-electron chi connectivity index (χ0n) is 45.7. The normalized spacial score (nSPS) is 14.0. The first-order valence-electron chi connectivity index (χ1n) is 23.9. The fourth-order valence-electron chi connectivity index (χ4n) is 7.81. The van der Waals surface area contributed by atoms with Crippen LogP contribution in [0.2, 0.25) is 0 Å². The molecule has 4 N–H and O–H groups in total. The van der Waals surface area contributed by atoms with Crippen molar-refractivity contribution in [2.75, 3.05) is 55.0 Å². The third-order valence-corrected chi connectivity index (χ3v) is 11.4. The monoisotopic (exact) mass is 1100 g/mol. The number of likely N-dealkylation sites (N-methyl/N-ethyl adjacent to an activating group) is 2. The number of hydrogen-bond donors (Lipinski definition) is 2. The van der Waals surface area contributed by atoms with Gasteiger partial charge in [0.25, 0.3) is 0 Å². The minimum Gasteiger partial charge on any atom is -0.693 e. The Kier molecular flexibility index (Phi) is 20.5. The average Bonchev–Trinajstić information content (AvgIpc) is 4.41. The molecule has 0 saturated carbocycles. The third kappa shape index (κ3) is 14.8. The zero-order valence-corrected chi connectivity index (χ0v) is 47.7. The van der Waals surface area contributed by atoms with Crippen LogP contribution in [0.25, 0.3) is 39.8 Å². The SMILES string of the molecule is CN(C[C-]=O)C(=O)OC(C)(C)C.COC(=O)/C(=C/c1ccc2c(c1)OCO2)C(=O)c1c[nH]c2ccccc12.COC(=O)C1=C(c2c[nH]c3ccccc23)OC(c2ccc3c(c2)OCO3)N1C(=O)CN(C)C(=O)OC(C)(C)C.[NH2-].[Na+]. The van der Waals surface area contributed by atoms with Gasteiger partial charge in [0.1, 0.15) is 23.3 Å². The summed E-state index contributed by atoms with van der Waals surface area (Å²) in [7, 11) is 5.41. The largest absolute Gasteiger partial charge is 1.00 e. The van der Waals surface area contributed by atoms with Gasteiger partial charge in [0.2, 0.25) is 31.5 Å². The first-order chi connectivity index (χ1) is 36.6. The van der Waals surface area contributed by atoms with Crippen molar-refractivity contribution in [2.24, 2.45) is 0 Å². The van der Waals surface area contributed by atoms with Crippen molar-refractivity contribution >= 4 is 75.7 Å². The second-order valence-corrected chi connectivity index (χ2v) is 19.3. The predicted molar refractivity (Wildman–Crippen MR) is 284 cm³/mol. The van der Waals surface area contributed by atoms with Gasteiger partial charge in [-0.15, -0.1) is 0 Å². The summed E-state index contributed by atoms with van der Waals surface area (Å²) in [4.78, 5) is 95.7. The van der Waals surface area contributed by atoms with E-state index in [1.165, 1.54) is 39.3 Å². The maximum Gasteiger partial charge on any atom is 1.00 e. The van der Waals surface area contributed by atoms with Crippen molar-refractivity contribution in [3.05, 3.63) is 137 Å². The van der Waals surface area contributed by atoms with Gasteiger partial charge < -0.3 is 73.3 Å². The minimum atomic E-state index is -1.06. The Hall–Kier alpha value is -8.31. The van der Waals surface area contributed by atoms with E-state index in [1.807, 2.05) is 48.5 Å². The molecule has 1 atom stereocenters. The molecule has 22 nitrogen and oxygen atoms in total. The first kappa shape index (κ1) is 61.5. The summed E-state index contributed by atoms with van der Waals surface area (Å²) in [5, 5.41) is 1.54. The van der Waals surface area contributed by atoms with Gasteiger partial charge in [-0.1, -0.05) is 49.0 Å². The van der Waals surface area contributed by atoms with Gasteiger partial charge in [0, 0.05) is 65.0 Å². The topological polar surface area (TPSA) is 277 Å². The molecule has 4 aromatic carbocycles. The van der Waals surface area contributed by atoms with E-state index in [4.69, 9.17) is 42.6 Å². The van der Waals surface area contributed by atoms with Gasteiger partial charge in [0.15, 0.2) is 34.5 Å². The van der Waals surface area contributed by atoms with Crippen LogP contribution in [0.15, 0.2) is 109 Å². The molecular formula is C56H60N6NaO16-. The molecule has 0 bridgehead atoms. The Morgan fingerprint density at radius 1 is 0.709 bits per heavy atom. The summed E-state index contributed by atoms with van der Waals surface area (Å²) < 4.78 is 48.2. The van der Waals surface area contributed by atoms with E-state index < -0.39 is 53.2 Å². The summed E-state index contributed by atoms with van der Waals surface area (Å²) in [6.45, 7) is 10.3. The number of nitrogens with two attached hydrogens (primary N) is 1. The maximum absolute atomic E-state index is 13.8. The van der Waals surface area contributed by atoms with Crippen LogP contribution < -0.4 is 48.5 Å². The third-order valence-electron chi connectivity index (χ3n) is 11.4. The Balaban J connectivity index is 0.000000247. The molecule has 3 aliphatic heterocycles. The van der Waals surface area contributed by atoms with Gasteiger partial charge in [-0.05, 0) is 95.6 Å². The van der Waals surface area contributed by atoms with Crippen molar-refractivity contribution in [3.63, 3.8) is 0 Å². The van der Waals surface area contributed by atoms with Crippen LogP contribution in [-0.4, -0.2) is 133 Å². The van der Waals surface area contributed by atoms with Crippen molar-refractivity contribution in [1.29, 1.82) is 0 Å². The van der Waals surface area contributed by atoms with Crippen LogP contribution in [0.4, 0.5) is 9.59 Å². The molecule has 0 spiro atoms. The van der Waals surface area contributed by atoms with Crippen molar-refractivity contribution < 1.29 is 106 Å². The number of carbonyl (C=O) groups excluding carboxylic acids is 7. The molecule has 23 heteroatoms. The summed E-state index contributed by atoms with van der Waals surface area (Å²) in [6, 6.07) is 25.2. The van der Waals surface area contributed by atoms with Crippen LogP contribution in [-0.2, 0) is 42.9 Å². The molecule has 0 aliphatic carbocycles. The fraction of sp³-hybridized carbons (Fsp3) is 0.304. The minimum absolute atomic E-state index is 0. The quantitative estimate of drug-likeness (QED) is 0.0214. The molecule has 3 amide bonds. The van der Waals surface area contributed by atoms with Crippen LogP contribution in [0.1, 0.15) is 74.8 Å². The summed E-state index contributed by atoms with van der Waals surface area (Å²) >= 11 is 0. The number of rotatable bonds is 11. The van der Waals surface area contributed by atoms with Crippen molar-refractivity contribution in [3.8, 4) is 23.0 Å². The average molecular weight is 1100 g/mol. The second kappa shape index (κ2) is 26.4. The number of H-pyrrole nitrogens is 2. The van der Waals surface area contributed by atoms with Gasteiger partial charge >= 0.3 is 53.7 Å². The van der Waals surface area contributed by atoms with Crippen molar-refractivity contribution in [2.45, 2.75) is 59.0 Å². The van der Waals surface area contributed by atoms with Crippen LogP contribution >= 0.6 is 0 Å². The number of para-hydroxylation sites is 2. The fourth-order valence-corrected chi connectivity index (χ4v) is 7.81. The Bertz CT molecular complexity index is 3300. The molecule has 1 unspecified atom stereocenters. The molecule has 3 aliphatic rings.